The van der Waals surface area contributed by atoms with Gasteiger partial charge >= 0.3 is 0 Å². The maximum Gasteiger partial charge on any atom is 0.252 e. The fourth-order valence-electron chi connectivity index (χ4n) is 12.1. The molecular formula is C68H56BN3O2. The van der Waals surface area contributed by atoms with E-state index < -0.39 is 0 Å². The van der Waals surface area contributed by atoms with Crippen LogP contribution in [0.3, 0.4) is 0 Å². The number of para-hydroxylation sites is 4. The van der Waals surface area contributed by atoms with E-state index in [-0.39, 0.29) is 17.5 Å². The Hall–Kier alpha value is -8.48. The number of benzene rings is 9. The first kappa shape index (κ1) is 44.2. The van der Waals surface area contributed by atoms with Crippen molar-refractivity contribution in [3.63, 3.8) is 0 Å². The molecule has 14 rings (SSSR count). The predicted molar refractivity (Wildman–Crippen MR) is 311 cm³/mol. The molecule has 0 bridgehead atoms. The highest BCUT2D eigenvalue weighted by atomic mass is 16.3. The quantitative estimate of drug-likeness (QED) is 0.155. The van der Waals surface area contributed by atoms with Crippen molar-refractivity contribution >= 4 is 113 Å². The third-order valence-electron chi connectivity index (χ3n) is 15.8. The monoisotopic (exact) mass is 957 g/mol. The van der Waals surface area contributed by atoms with E-state index in [1.54, 1.807) is 0 Å². The van der Waals surface area contributed by atoms with Gasteiger partial charge < -0.3 is 23.5 Å². The second-order valence-corrected chi connectivity index (χ2v) is 22.4. The number of hydrogen-bond donors (Lipinski definition) is 0. The molecule has 3 aliphatic rings. The van der Waals surface area contributed by atoms with E-state index in [1.165, 1.54) is 66.7 Å². The number of hydrogen-bond acceptors (Lipinski definition) is 5. The molecule has 9 aromatic carbocycles. The van der Waals surface area contributed by atoms with Gasteiger partial charge in [-0.1, -0.05) is 151 Å². The smallest absolute Gasteiger partial charge is 0.252 e. The van der Waals surface area contributed by atoms with E-state index in [0.717, 1.165) is 80.2 Å². The molecule has 0 fully saturated rings. The summed E-state index contributed by atoms with van der Waals surface area (Å²) in [7, 11) is 0. The zero-order valence-electron chi connectivity index (χ0n) is 42.8. The Bertz CT molecular complexity index is 4020. The summed E-state index contributed by atoms with van der Waals surface area (Å²) in [6, 6.07) is 73.9. The maximum absolute atomic E-state index is 6.65. The van der Waals surface area contributed by atoms with Crippen LogP contribution in [0.25, 0.3) is 38.5 Å². The zero-order chi connectivity index (χ0) is 50.0. The Morgan fingerprint density at radius 3 is 1.68 bits per heavy atom. The summed E-state index contributed by atoms with van der Waals surface area (Å²) < 4.78 is 13.1. The molecule has 6 heteroatoms. The van der Waals surface area contributed by atoms with Gasteiger partial charge in [-0.25, -0.2) is 0 Å². The first-order valence-electron chi connectivity index (χ1n) is 26.2. The first-order valence-corrected chi connectivity index (χ1v) is 26.2. The van der Waals surface area contributed by atoms with E-state index in [0.29, 0.717) is 0 Å². The Balaban J connectivity index is 1.03. The standard InChI is InChI=1S/C68H56BN3O2/c1-67(2,3)44-30-36-55-57(38-44)72(50-33-35-53-52-22-13-15-25-61(52)74-64(53)42-50)60-40-45(68(4,5)6)39-59-66(60)69(55)56-37-34-49(70(46-18-9-7-10-19-46)47-20-11-8-12-21-47)41-58(56)71(59)48-31-28-43(29-32-48)51-24-17-27-63-65(51)54-23-14-16-26-62(54)73-63/h7-16,18-26,28-42H,17,27H2,1-6H3. The summed E-state index contributed by atoms with van der Waals surface area (Å²) in [5, 5.41) is 3.42. The van der Waals surface area contributed by atoms with Gasteiger partial charge in [0, 0.05) is 85.4 Å². The summed E-state index contributed by atoms with van der Waals surface area (Å²) in [6.45, 7) is 13.9. The fourth-order valence-corrected chi connectivity index (χ4v) is 12.1. The number of allylic oxidation sites excluding steroid dienone is 1. The summed E-state index contributed by atoms with van der Waals surface area (Å²) in [4.78, 5) is 7.48. The zero-order valence-corrected chi connectivity index (χ0v) is 42.8. The second-order valence-electron chi connectivity index (χ2n) is 22.4. The third-order valence-corrected chi connectivity index (χ3v) is 15.8. The SMILES string of the molecule is CC(C)(C)c1ccc2c(c1)N(c1ccc3c(c1)oc1ccccc13)c1cc(C(C)(C)C)cc3c1B2c1ccc(N(c2ccccc2)c2ccccc2)cc1N3c1ccc(C2=CCCc3oc4ccccc4c32)cc1. The number of rotatable bonds is 6. The summed E-state index contributed by atoms with van der Waals surface area (Å²) in [5.74, 6) is 1.07. The average Bonchev–Trinajstić information content (AvgIpc) is 4.01. The van der Waals surface area contributed by atoms with Gasteiger partial charge in [-0.2, -0.15) is 0 Å². The van der Waals surface area contributed by atoms with E-state index in [2.05, 4.69) is 263 Å². The molecule has 0 radical (unpaired) electrons. The molecular weight excluding hydrogens is 902 g/mol. The maximum atomic E-state index is 6.65. The number of nitrogens with zero attached hydrogens (tertiary/aromatic N) is 3. The van der Waals surface area contributed by atoms with Crippen molar-refractivity contribution in [2.75, 3.05) is 14.7 Å². The van der Waals surface area contributed by atoms with Gasteiger partial charge in [0.1, 0.15) is 22.5 Å². The van der Waals surface area contributed by atoms with Crippen LogP contribution in [-0.4, -0.2) is 6.71 Å². The van der Waals surface area contributed by atoms with Crippen LogP contribution < -0.4 is 31.1 Å². The molecule has 0 unspecified atom stereocenters. The van der Waals surface area contributed by atoms with Gasteiger partial charge in [-0.05, 0) is 147 Å². The Kier molecular flexibility index (Phi) is 9.88. The predicted octanol–water partition coefficient (Wildman–Crippen LogP) is 16.9. The van der Waals surface area contributed by atoms with E-state index in [9.17, 15) is 0 Å². The van der Waals surface area contributed by atoms with Crippen LogP contribution in [0.1, 0.15) is 76.0 Å². The van der Waals surface area contributed by atoms with Crippen LogP contribution in [-0.2, 0) is 17.3 Å². The summed E-state index contributed by atoms with van der Waals surface area (Å²) in [6.07, 6.45) is 4.25. The van der Waals surface area contributed by atoms with Gasteiger partial charge in [0.2, 0.25) is 0 Å². The Morgan fingerprint density at radius 2 is 1.00 bits per heavy atom. The molecule has 1 aliphatic carbocycles. The molecule has 0 saturated carbocycles. The second kappa shape index (κ2) is 16.5. The van der Waals surface area contributed by atoms with Crippen LogP contribution in [0.15, 0.2) is 215 Å². The van der Waals surface area contributed by atoms with Gasteiger partial charge in [0.25, 0.3) is 6.71 Å². The highest BCUT2D eigenvalue weighted by Crippen LogP contribution is 2.49. The third kappa shape index (κ3) is 6.99. The van der Waals surface area contributed by atoms with Crippen molar-refractivity contribution in [3.8, 4) is 0 Å². The topological polar surface area (TPSA) is 36.0 Å². The van der Waals surface area contributed by atoms with Crippen molar-refractivity contribution in [2.45, 2.75) is 65.2 Å². The van der Waals surface area contributed by atoms with Crippen LogP contribution in [0, 0.1) is 0 Å². The molecule has 2 aliphatic heterocycles. The van der Waals surface area contributed by atoms with Crippen molar-refractivity contribution in [1.82, 2.24) is 0 Å². The van der Waals surface area contributed by atoms with Gasteiger partial charge in [0.15, 0.2) is 0 Å². The lowest BCUT2D eigenvalue weighted by Crippen LogP contribution is -2.61. The van der Waals surface area contributed by atoms with E-state index in [1.807, 2.05) is 0 Å². The van der Waals surface area contributed by atoms with Crippen molar-refractivity contribution in [2.24, 2.45) is 0 Å². The first-order chi connectivity index (χ1) is 36.0. The van der Waals surface area contributed by atoms with Gasteiger partial charge in [0.05, 0.1) is 0 Å². The molecule has 11 aromatic rings. The van der Waals surface area contributed by atoms with Crippen LogP contribution >= 0.6 is 0 Å². The largest absolute Gasteiger partial charge is 0.460 e. The average molecular weight is 958 g/mol. The lowest BCUT2D eigenvalue weighted by atomic mass is 9.33. The van der Waals surface area contributed by atoms with Crippen LogP contribution in [0.5, 0.6) is 0 Å². The van der Waals surface area contributed by atoms with Gasteiger partial charge in [-0.3, -0.25) is 0 Å². The lowest BCUT2D eigenvalue weighted by molar-refractivity contribution is 0.545. The minimum absolute atomic E-state index is 0.0640. The minimum Gasteiger partial charge on any atom is -0.460 e. The van der Waals surface area contributed by atoms with Crippen LogP contribution in [0.2, 0.25) is 0 Å². The lowest BCUT2D eigenvalue weighted by Gasteiger charge is -2.45. The highest BCUT2D eigenvalue weighted by Gasteiger charge is 2.45. The minimum atomic E-state index is -0.184. The summed E-state index contributed by atoms with van der Waals surface area (Å²) in [5.41, 5.74) is 22.7. The Labute approximate surface area is 433 Å². The summed E-state index contributed by atoms with van der Waals surface area (Å²) >= 11 is 0. The molecule has 0 spiro atoms. The molecule has 0 amide bonds. The van der Waals surface area contributed by atoms with E-state index in [4.69, 9.17) is 8.83 Å². The van der Waals surface area contributed by atoms with Crippen molar-refractivity contribution < 1.29 is 8.83 Å². The molecule has 0 saturated heterocycles. The molecule has 4 heterocycles. The molecule has 2 aromatic heterocycles. The molecule has 0 atom stereocenters. The van der Waals surface area contributed by atoms with E-state index >= 15 is 0 Å². The number of aryl methyl sites for hydroxylation is 1. The molecule has 358 valence electrons. The van der Waals surface area contributed by atoms with Crippen LogP contribution in [0.4, 0.5) is 51.2 Å². The molecule has 0 N–H and O–H groups in total. The normalized spacial score (nSPS) is 14.0. The highest BCUT2D eigenvalue weighted by molar-refractivity contribution is 7.00. The molecule has 74 heavy (non-hydrogen) atoms. The number of furan rings is 2. The fraction of sp³-hybridized carbons (Fsp3) is 0.147. The van der Waals surface area contributed by atoms with Gasteiger partial charge in [-0.15, -0.1) is 0 Å². The van der Waals surface area contributed by atoms with Crippen molar-refractivity contribution in [1.29, 1.82) is 0 Å². The number of anilines is 9. The Morgan fingerprint density at radius 1 is 0.446 bits per heavy atom. The van der Waals surface area contributed by atoms with Crippen molar-refractivity contribution in [3.05, 3.63) is 234 Å². The molecule has 5 nitrogen and oxygen atoms in total. The number of fused-ring (bicyclic) bond motifs is 10.